The van der Waals surface area contributed by atoms with E-state index in [9.17, 15) is 9.59 Å². The average molecular weight is 441 g/mol. The number of halogens is 1. The van der Waals surface area contributed by atoms with Crippen LogP contribution in [-0.2, 0) is 11.3 Å². The Balaban J connectivity index is 1.38. The molecule has 6 nitrogen and oxygen atoms in total. The van der Waals surface area contributed by atoms with Crippen molar-refractivity contribution in [3.63, 3.8) is 0 Å². The van der Waals surface area contributed by atoms with Crippen LogP contribution >= 0.6 is 11.6 Å². The molecule has 2 aliphatic rings. The van der Waals surface area contributed by atoms with Gasteiger partial charge in [-0.25, -0.2) is 0 Å². The number of rotatable bonds is 6. The molecule has 1 aliphatic heterocycles. The Morgan fingerprint density at radius 3 is 2.39 bits per heavy atom. The zero-order chi connectivity index (χ0) is 21.6. The van der Waals surface area contributed by atoms with E-state index >= 15 is 0 Å². The zero-order valence-corrected chi connectivity index (χ0v) is 18.4. The van der Waals surface area contributed by atoms with Gasteiger partial charge in [0.05, 0.1) is 18.3 Å². The fraction of sp³-hybridized carbons (Fsp3) is 0.458. The van der Waals surface area contributed by atoms with Crippen molar-refractivity contribution in [2.75, 3.05) is 26.2 Å². The molecule has 2 heterocycles. The summed E-state index contributed by atoms with van der Waals surface area (Å²) < 4.78 is 0. The van der Waals surface area contributed by atoms with Crippen LogP contribution in [0.2, 0.25) is 5.02 Å². The van der Waals surface area contributed by atoms with E-state index < -0.39 is 0 Å². The van der Waals surface area contributed by atoms with Gasteiger partial charge in [0.2, 0.25) is 5.91 Å². The molecule has 1 aromatic carbocycles. The van der Waals surface area contributed by atoms with Crippen molar-refractivity contribution in [2.24, 2.45) is 5.92 Å². The Labute approximate surface area is 188 Å². The summed E-state index contributed by atoms with van der Waals surface area (Å²) in [7, 11) is 0. The van der Waals surface area contributed by atoms with E-state index in [-0.39, 0.29) is 17.9 Å². The second-order valence-corrected chi connectivity index (χ2v) is 8.80. The first kappa shape index (κ1) is 21.8. The number of nitrogens with one attached hydrogen (secondary N) is 1. The molecule has 0 bridgehead atoms. The van der Waals surface area contributed by atoms with E-state index in [0.29, 0.717) is 49.2 Å². The monoisotopic (exact) mass is 440 g/mol. The summed E-state index contributed by atoms with van der Waals surface area (Å²) in [5.41, 5.74) is 1.51. The average Bonchev–Trinajstić information content (AvgIpc) is 3.33. The summed E-state index contributed by atoms with van der Waals surface area (Å²) in [6.07, 6.45) is 6.29. The predicted octanol–water partition coefficient (Wildman–Crippen LogP) is 3.37. The molecule has 2 aromatic rings. The molecule has 4 rings (SSSR count). The largest absolute Gasteiger partial charge is 0.349 e. The van der Waals surface area contributed by atoms with Crippen molar-refractivity contribution in [3.8, 4) is 0 Å². The first-order valence-corrected chi connectivity index (χ1v) is 11.5. The minimum absolute atomic E-state index is 0.0216. The maximum absolute atomic E-state index is 13.2. The summed E-state index contributed by atoms with van der Waals surface area (Å²) in [5, 5.41) is 3.72. The highest BCUT2D eigenvalue weighted by Gasteiger charge is 2.37. The topological polar surface area (TPSA) is 65.5 Å². The lowest BCUT2D eigenvalue weighted by molar-refractivity contribution is -0.129. The van der Waals surface area contributed by atoms with E-state index in [4.69, 9.17) is 11.6 Å². The first-order valence-electron chi connectivity index (χ1n) is 11.1. The van der Waals surface area contributed by atoms with Crippen molar-refractivity contribution >= 4 is 23.4 Å². The summed E-state index contributed by atoms with van der Waals surface area (Å²) in [5.74, 6) is 0.477. The first-order chi connectivity index (χ1) is 15.1. The van der Waals surface area contributed by atoms with Crippen LogP contribution in [0.3, 0.4) is 0 Å². The summed E-state index contributed by atoms with van der Waals surface area (Å²) in [6, 6.07) is 12.6. The van der Waals surface area contributed by atoms with Crippen LogP contribution in [0.4, 0.5) is 0 Å². The number of carbonyl (C=O) groups excluding carboxylic acids is 2. The summed E-state index contributed by atoms with van der Waals surface area (Å²) >= 11 is 5.94. The molecule has 2 fully saturated rings. The summed E-state index contributed by atoms with van der Waals surface area (Å²) in [4.78, 5) is 34.5. The number of carbonyl (C=O) groups is 2. The molecule has 2 amide bonds. The number of nitrogens with zero attached hydrogens (tertiary/aromatic N) is 3. The van der Waals surface area contributed by atoms with Gasteiger partial charge in [0.15, 0.2) is 0 Å². The Morgan fingerprint density at radius 1 is 1.03 bits per heavy atom. The highest BCUT2D eigenvalue weighted by atomic mass is 35.5. The molecule has 1 N–H and O–H groups in total. The maximum atomic E-state index is 13.2. The lowest BCUT2D eigenvalue weighted by Gasteiger charge is -2.40. The lowest BCUT2D eigenvalue weighted by Crippen LogP contribution is -2.57. The van der Waals surface area contributed by atoms with Gasteiger partial charge >= 0.3 is 0 Å². The van der Waals surface area contributed by atoms with Crippen LogP contribution in [0, 0.1) is 5.92 Å². The van der Waals surface area contributed by atoms with Crippen molar-refractivity contribution in [2.45, 2.75) is 38.3 Å². The quantitative estimate of drug-likeness (QED) is 0.747. The van der Waals surface area contributed by atoms with E-state index in [0.717, 1.165) is 18.5 Å². The van der Waals surface area contributed by atoms with Crippen molar-refractivity contribution in [3.05, 3.63) is 64.9 Å². The Hall–Kier alpha value is -2.44. The third-order valence-corrected chi connectivity index (χ3v) is 6.62. The van der Waals surface area contributed by atoms with Gasteiger partial charge in [-0.2, -0.15) is 0 Å². The molecule has 1 aliphatic carbocycles. The maximum Gasteiger partial charge on any atom is 0.253 e. The highest BCUT2D eigenvalue weighted by Crippen LogP contribution is 2.31. The van der Waals surface area contributed by atoms with Crippen LogP contribution in [0.5, 0.6) is 0 Å². The molecule has 1 atom stereocenters. The standard InChI is InChI=1S/C24H29ClN4O2/c25-20-10-8-19(9-11-20)24(31)29-15-13-28(14-16-29)22(18-5-1-2-6-18)23(30)27-17-21-7-3-4-12-26-21/h3-4,7-12,18,22H,1-2,5-6,13-17H2,(H,27,30). The molecular formula is C24H29ClN4O2. The summed E-state index contributed by atoms with van der Waals surface area (Å²) in [6.45, 7) is 3.10. The Bertz CT molecular complexity index is 876. The number of hydrogen-bond acceptors (Lipinski definition) is 4. The van der Waals surface area contributed by atoms with Crippen LogP contribution in [0.15, 0.2) is 48.7 Å². The fourth-order valence-corrected chi connectivity index (χ4v) is 4.84. The molecule has 31 heavy (non-hydrogen) atoms. The highest BCUT2D eigenvalue weighted by molar-refractivity contribution is 6.30. The number of benzene rings is 1. The number of aromatic nitrogens is 1. The third-order valence-electron chi connectivity index (χ3n) is 6.37. The zero-order valence-electron chi connectivity index (χ0n) is 17.7. The van der Waals surface area contributed by atoms with Crippen molar-refractivity contribution in [1.29, 1.82) is 0 Å². The molecular weight excluding hydrogens is 412 g/mol. The van der Waals surface area contributed by atoms with Gasteiger partial charge in [-0.3, -0.25) is 19.5 Å². The number of piperazine rings is 1. The number of hydrogen-bond donors (Lipinski definition) is 1. The van der Waals surface area contributed by atoms with E-state index in [1.807, 2.05) is 23.1 Å². The van der Waals surface area contributed by atoms with Gasteiger partial charge in [-0.15, -0.1) is 0 Å². The smallest absolute Gasteiger partial charge is 0.253 e. The third kappa shape index (κ3) is 5.43. The number of pyridine rings is 1. The van der Waals surface area contributed by atoms with E-state index in [1.54, 1.807) is 30.5 Å². The van der Waals surface area contributed by atoms with Crippen LogP contribution in [-0.4, -0.2) is 58.8 Å². The second-order valence-electron chi connectivity index (χ2n) is 8.36. The Kier molecular flexibility index (Phi) is 7.20. The molecule has 1 saturated heterocycles. The van der Waals surface area contributed by atoms with E-state index in [2.05, 4.69) is 15.2 Å². The molecule has 1 unspecified atom stereocenters. The van der Waals surface area contributed by atoms with Crippen molar-refractivity contribution in [1.82, 2.24) is 20.1 Å². The van der Waals surface area contributed by atoms with Crippen LogP contribution in [0.1, 0.15) is 41.7 Å². The molecule has 0 radical (unpaired) electrons. The predicted molar refractivity (Wildman–Crippen MR) is 121 cm³/mol. The minimum atomic E-state index is -0.140. The lowest BCUT2D eigenvalue weighted by atomic mass is 9.95. The van der Waals surface area contributed by atoms with Crippen molar-refractivity contribution < 1.29 is 9.59 Å². The Morgan fingerprint density at radius 2 is 1.74 bits per heavy atom. The molecule has 1 saturated carbocycles. The normalized spacial score (nSPS) is 18.7. The molecule has 1 aromatic heterocycles. The van der Waals surface area contributed by atoms with Crippen LogP contribution < -0.4 is 5.32 Å². The van der Waals surface area contributed by atoms with Crippen LogP contribution in [0.25, 0.3) is 0 Å². The van der Waals surface area contributed by atoms with Gasteiger partial charge in [-0.1, -0.05) is 30.5 Å². The fourth-order valence-electron chi connectivity index (χ4n) is 4.71. The van der Waals surface area contributed by atoms with Gasteiger partial charge < -0.3 is 10.2 Å². The van der Waals surface area contributed by atoms with Gasteiger partial charge in [-0.05, 0) is 55.2 Å². The minimum Gasteiger partial charge on any atom is -0.349 e. The van der Waals surface area contributed by atoms with Gasteiger partial charge in [0.25, 0.3) is 5.91 Å². The molecule has 0 spiro atoms. The van der Waals surface area contributed by atoms with E-state index in [1.165, 1.54) is 12.8 Å². The molecule has 7 heteroatoms. The SMILES string of the molecule is O=C(NCc1ccccn1)C(C1CCCC1)N1CCN(C(=O)c2ccc(Cl)cc2)CC1. The second kappa shape index (κ2) is 10.2. The number of amides is 2. The van der Waals surface area contributed by atoms with Gasteiger partial charge in [0, 0.05) is 43.0 Å². The molecule has 164 valence electrons. The van der Waals surface area contributed by atoms with Gasteiger partial charge in [0.1, 0.15) is 0 Å².